The second-order valence-corrected chi connectivity index (χ2v) is 8.71. The molecular weight excluding hydrogens is 414 g/mol. The van der Waals surface area contributed by atoms with Gasteiger partial charge < -0.3 is 4.90 Å². The van der Waals surface area contributed by atoms with E-state index in [0.717, 1.165) is 35.2 Å². The van der Waals surface area contributed by atoms with Crippen molar-refractivity contribution in [2.45, 2.75) is 51.6 Å². The third-order valence-corrected chi connectivity index (χ3v) is 6.51. The fraction of sp³-hybridized carbons (Fsp3) is 0.346. The number of pyridine rings is 1. The van der Waals surface area contributed by atoms with E-state index in [2.05, 4.69) is 4.98 Å². The normalized spacial score (nSPS) is 17.8. The Kier molecular flexibility index (Phi) is 5.86. The van der Waals surface area contributed by atoms with Crippen LogP contribution in [0.2, 0.25) is 0 Å². The van der Waals surface area contributed by atoms with Gasteiger partial charge in [-0.1, -0.05) is 30.3 Å². The van der Waals surface area contributed by atoms with Gasteiger partial charge in [0.25, 0.3) is 0 Å². The van der Waals surface area contributed by atoms with Gasteiger partial charge in [0.05, 0.1) is 19.0 Å². The van der Waals surface area contributed by atoms with Crippen LogP contribution in [0.25, 0.3) is 0 Å². The molecule has 5 rings (SSSR count). The number of amides is 2. The molecule has 4 heterocycles. The molecule has 1 fully saturated rings. The van der Waals surface area contributed by atoms with Gasteiger partial charge in [0.1, 0.15) is 5.82 Å². The maximum Gasteiger partial charge on any atom is 0.228 e. The van der Waals surface area contributed by atoms with Crippen molar-refractivity contribution in [2.75, 3.05) is 11.4 Å². The Hall–Kier alpha value is -3.61. The first-order valence-electron chi connectivity index (χ1n) is 11.5. The molecule has 1 atom stereocenters. The molecule has 0 N–H and O–H groups in total. The van der Waals surface area contributed by atoms with Crippen molar-refractivity contribution in [3.8, 4) is 0 Å². The second kappa shape index (κ2) is 9.10. The maximum absolute atomic E-state index is 13.1. The first-order chi connectivity index (χ1) is 16.1. The minimum absolute atomic E-state index is 0.0693. The molecule has 0 spiro atoms. The lowest BCUT2D eigenvalue weighted by Crippen LogP contribution is -2.37. The molecule has 2 aliphatic rings. The summed E-state index contributed by atoms with van der Waals surface area (Å²) in [5.41, 5.74) is 3.94. The van der Waals surface area contributed by atoms with Crippen LogP contribution in [0.1, 0.15) is 53.5 Å². The van der Waals surface area contributed by atoms with Gasteiger partial charge in [-0.3, -0.25) is 19.5 Å². The fourth-order valence-electron chi connectivity index (χ4n) is 4.79. The monoisotopic (exact) mass is 441 g/mol. The zero-order valence-corrected chi connectivity index (χ0v) is 18.8. The summed E-state index contributed by atoms with van der Waals surface area (Å²) >= 11 is 0. The van der Waals surface area contributed by atoms with E-state index < -0.39 is 0 Å². The van der Waals surface area contributed by atoms with E-state index in [1.807, 2.05) is 54.3 Å². The summed E-state index contributed by atoms with van der Waals surface area (Å²) in [4.78, 5) is 43.4. The molecule has 2 aromatic heterocycles. The highest BCUT2D eigenvalue weighted by Gasteiger charge is 2.35. The molecule has 2 aliphatic heterocycles. The zero-order chi connectivity index (χ0) is 22.8. The van der Waals surface area contributed by atoms with Crippen LogP contribution >= 0.6 is 0 Å². The molecule has 0 bridgehead atoms. The summed E-state index contributed by atoms with van der Waals surface area (Å²) < 4.78 is 0. The highest BCUT2D eigenvalue weighted by Crippen LogP contribution is 2.35. The number of likely N-dealkylation sites (tertiary alicyclic amines) is 1. The van der Waals surface area contributed by atoms with Gasteiger partial charge in [0.15, 0.2) is 5.82 Å². The van der Waals surface area contributed by atoms with E-state index in [9.17, 15) is 9.59 Å². The molecule has 3 aromatic rings. The first kappa shape index (κ1) is 21.2. The largest absolute Gasteiger partial charge is 0.332 e. The molecule has 2 amide bonds. The van der Waals surface area contributed by atoms with E-state index >= 15 is 0 Å². The Morgan fingerprint density at radius 3 is 2.61 bits per heavy atom. The van der Waals surface area contributed by atoms with E-state index in [4.69, 9.17) is 9.97 Å². The van der Waals surface area contributed by atoms with Crippen LogP contribution in [0, 0.1) is 6.92 Å². The molecule has 1 saturated heterocycles. The number of carbonyl (C=O) groups is 2. The van der Waals surface area contributed by atoms with Gasteiger partial charge in [0.2, 0.25) is 11.8 Å². The number of nitrogens with zero attached hydrogens (tertiary/aromatic N) is 5. The number of carbonyl (C=O) groups excluding carboxylic acids is 2. The third-order valence-electron chi connectivity index (χ3n) is 6.51. The Morgan fingerprint density at radius 2 is 1.82 bits per heavy atom. The predicted octanol–water partition coefficient (Wildman–Crippen LogP) is 3.57. The molecule has 1 aromatic carbocycles. The maximum atomic E-state index is 13.1. The average molecular weight is 442 g/mol. The summed E-state index contributed by atoms with van der Waals surface area (Å²) in [6.45, 7) is 3.16. The smallest absolute Gasteiger partial charge is 0.228 e. The van der Waals surface area contributed by atoms with Crippen molar-refractivity contribution in [1.29, 1.82) is 0 Å². The third kappa shape index (κ3) is 4.35. The number of anilines is 1. The topological polar surface area (TPSA) is 79.3 Å². The minimum Gasteiger partial charge on any atom is -0.332 e. The van der Waals surface area contributed by atoms with E-state index in [1.54, 1.807) is 17.3 Å². The van der Waals surface area contributed by atoms with Gasteiger partial charge in [-0.2, -0.15) is 0 Å². The van der Waals surface area contributed by atoms with Gasteiger partial charge in [0, 0.05) is 36.6 Å². The lowest BCUT2D eigenvalue weighted by Gasteiger charge is -2.31. The van der Waals surface area contributed by atoms with Crippen LogP contribution in [0.5, 0.6) is 0 Å². The van der Waals surface area contributed by atoms with E-state index in [1.165, 1.54) is 0 Å². The fourth-order valence-corrected chi connectivity index (χ4v) is 4.79. The number of hydrogen-bond acceptors (Lipinski definition) is 5. The molecule has 7 heteroatoms. The van der Waals surface area contributed by atoms with Crippen LogP contribution < -0.4 is 4.90 Å². The lowest BCUT2D eigenvalue weighted by atomic mass is 10.0. The molecule has 0 aliphatic carbocycles. The lowest BCUT2D eigenvalue weighted by molar-refractivity contribution is -0.131. The summed E-state index contributed by atoms with van der Waals surface area (Å²) in [7, 11) is 0. The number of benzene rings is 1. The Balaban J connectivity index is 1.45. The number of fused-ring (bicyclic) bond motifs is 1. The van der Waals surface area contributed by atoms with Crippen molar-refractivity contribution in [3.05, 3.63) is 83.1 Å². The average Bonchev–Trinajstić information content (AvgIpc) is 3.32. The van der Waals surface area contributed by atoms with Crippen molar-refractivity contribution in [1.82, 2.24) is 19.9 Å². The van der Waals surface area contributed by atoms with Crippen LogP contribution in [-0.2, 0) is 29.0 Å². The predicted molar refractivity (Wildman–Crippen MR) is 124 cm³/mol. The van der Waals surface area contributed by atoms with Crippen LogP contribution in [-0.4, -0.2) is 38.2 Å². The van der Waals surface area contributed by atoms with Gasteiger partial charge >= 0.3 is 0 Å². The molecular formula is C26H27N5O2. The van der Waals surface area contributed by atoms with Crippen LogP contribution in [0.15, 0.2) is 54.9 Å². The van der Waals surface area contributed by atoms with Gasteiger partial charge in [-0.15, -0.1) is 0 Å². The summed E-state index contributed by atoms with van der Waals surface area (Å²) in [5, 5.41) is 0. The van der Waals surface area contributed by atoms with Crippen molar-refractivity contribution < 1.29 is 9.59 Å². The van der Waals surface area contributed by atoms with Crippen molar-refractivity contribution >= 4 is 17.6 Å². The molecule has 1 unspecified atom stereocenters. The minimum atomic E-state index is -0.168. The van der Waals surface area contributed by atoms with Crippen LogP contribution in [0.4, 0.5) is 5.82 Å². The number of rotatable bonds is 5. The second-order valence-electron chi connectivity index (χ2n) is 8.71. The number of aryl methyl sites for hydroxylation is 1. The quantitative estimate of drug-likeness (QED) is 0.605. The molecule has 33 heavy (non-hydrogen) atoms. The van der Waals surface area contributed by atoms with Crippen molar-refractivity contribution in [2.24, 2.45) is 0 Å². The Morgan fingerprint density at radius 1 is 1.03 bits per heavy atom. The molecule has 168 valence electrons. The standard InChI is InChI=1S/C26H27N5O2/c1-18-21-9-10-23(32)31(17-20-6-3-2-4-7-20)26(21)29-25(28-18)22-8-5-15-30(22)24(33)16-19-11-13-27-14-12-19/h2-4,6-7,11-14,22H,5,8-10,15-17H2,1H3. The van der Waals surface area contributed by atoms with Gasteiger partial charge in [-0.05, 0) is 49.4 Å². The molecule has 0 radical (unpaired) electrons. The highest BCUT2D eigenvalue weighted by atomic mass is 16.2. The van der Waals surface area contributed by atoms with E-state index in [-0.39, 0.29) is 17.9 Å². The number of aromatic nitrogens is 3. The zero-order valence-electron chi connectivity index (χ0n) is 18.8. The summed E-state index contributed by atoms with van der Waals surface area (Å²) in [6.07, 6.45) is 6.61. The summed E-state index contributed by atoms with van der Waals surface area (Å²) in [6, 6.07) is 13.5. The Labute approximate surface area is 193 Å². The first-order valence-corrected chi connectivity index (χ1v) is 11.5. The van der Waals surface area contributed by atoms with Crippen LogP contribution in [0.3, 0.4) is 0 Å². The number of hydrogen-bond donors (Lipinski definition) is 0. The summed E-state index contributed by atoms with van der Waals surface area (Å²) in [5.74, 6) is 1.48. The van der Waals surface area contributed by atoms with Crippen molar-refractivity contribution in [3.63, 3.8) is 0 Å². The highest BCUT2D eigenvalue weighted by molar-refractivity contribution is 5.95. The Bertz CT molecular complexity index is 1170. The molecule has 7 nitrogen and oxygen atoms in total. The SMILES string of the molecule is Cc1nc(C2CCCN2C(=O)Cc2ccncc2)nc2c1CCC(=O)N2Cc1ccccc1. The van der Waals surface area contributed by atoms with Gasteiger partial charge in [-0.25, -0.2) is 9.97 Å². The van der Waals surface area contributed by atoms with E-state index in [0.29, 0.717) is 44.0 Å². The molecule has 0 saturated carbocycles.